The van der Waals surface area contributed by atoms with Crippen molar-refractivity contribution >= 4 is 19.8 Å². The van der Waals surface area contributed by atoms with Gasteiger partial charge in [0.15, 0.2) is 6.10 Å². The van der Waals surface area contributed by atoms with Crippen LogP contribution in [0.5, 0.6) is 0 Å². The minimum Gasteiger partial charge on any atom is -0.462 e. The van der Waals surface area contributed by atoms with Crippen LogP contribution in [0.25, 0.3) is 0 Å². The third-order valence-corrected chi connectivity index (χ3v) is 9.01. The smallest absolute Gasteiger partial charge is 0.462 e. The molecule has 0 aromatic rings. The second kappa shape index (κ2) is 38.5. The van der Waals surface area contributed by atoms with Gasteiger partial charge in [0.2, 0.25) is 0 Å². The summed E-state index contributed by atoms with van der Waals surface area (Å²) in [6, 6.07) is 0. The average molecular weight is 751 g/mol. The van der Waals surface area contributed by atoms with E-state index >= 15 is 0 Å². The molecule has 0 unspecified atom stereocenters. The first-order valence-electron chi connectivity index (χ1n) is 20.6. The van der Waals surface area contributed by atoms with Crippen molar-refractivity contribution in [3.8, 4) is 0 Å². The summed E-state index contributed by atoms with van der Waals surface area (Å²) in [7, 11) is -4.76. The van der Waals surface area contributed by atoms with Crippen LogP contribution in [0.15, 0.2) is 60.8 Å². The van der Waals surface area contributed by atoms with Crippen LogP contribution in [0.4, 0.5) is 0 Å². The van der Waals surface area contributed by atoms with E-state index < -0.39 is 32.5 Å². The highest BCUT2D eigenvalue weighted by Crippen LogP contribution is 2.36. The monoisotopic (exact) mass is 751 g/mol. The zero-order chi connectivity index (χ0) is 38.2. The first kappa shape index (κ1) is 49.8. The van der Waals surface area contributed by atoms with Crippen molar-refractivity contribution in [1.82, 2.24) is 0 Å². The van der Waals surface area contributed by atoms with E-state index in [4.69, 9.17) is 19.3 Å². The van der Waals surface area contributed by atoms with Gasteiger partial charge in [0, 0.05) is 12.8 Å². The number of phosphoric acid groups is 1. The Bertz CT molecular complexity index is 1030. The Hall–Kier alpha value is -2.25. The van der Waals surface area contributed by atoms with E-state index in [1.54, 1.807) is 0 Å². The van der Waals surface area contributed by atoms with Gasteiger partial charge in [0.25, 0.3) is 0 Å². The lowest BCUT2D eigenvalue weighted by atomic mass is 10.1. The molecule has 0 aliphatic carbocycles. The predicted octanol–water partition coefficient (Wildman–Crippen LogP) is 12.5. The van der Waals surface area contributed by atoms with E-state index in [9.17, 15) is 14.2 Å². The van der Waals surface area contributed by atoms with Gasteiger partial charge in [-0.2, -0.15) is 0 Å². The van der Waals surface area contributed by atoms with E-state index in [1.807, 2.05) is 0 Å². The topological polar surface area (TPSA) is 119 Å². The van der Waals surface area contributed by atoms with Gasteiger partial charge >= 0.3 is 19.8 Å². The van der Waals surface area contributed by atoms with Crippen LogP contribution in [0.3, 0.4) is 0 Å². The first-order valence-corrected chi connectivity index (χ1v) is 22.1. The highest BCUT2D eigenvalue weighted by molar-refractivity contribution is 7.46. The molecule has 0 spiro atoms. The van der Waals surface area contributed by atoms with Crippen molar-refractivity contribution < 1.29 is 37.9 Å². The molecule has 0 saturated carbocycles. The van der Waals surface area contributed by atoms with Gasteiger partial charge in [0.05, 0.1) is 6.61 Å². The summed E-state index contributed by atoms with van der Waals surface area (Å²) in [5.41, 5.74) is 0. The molecule has 0 bridgehead atoms. The van der Waals surface area contributed by atoms with Crippen LogP contribution in [0.1, 0.15) is 181 Å². The van der Waals surface area contributed by atoms with Crippen LogP contribution < -0.4 is 0 Å². The minimum atomic E-state index is -4.76. The fraction of sp³-hybridized carbons (Fsp3) is 0.721. The summed E-state index contributed by atoms with van der Waals surface area (Å²) in [6.45, 7) is 3.53. The lowest BCUT2D eigenvalue weighted by molar-refractivity contribution is -0.161. The Kier molecular flexibility index (Phi) is 36.8. The summed E-state index contributed by atoms with van der Waals surface area (Å²) in [4.78, 5) is 42.8. The third kappa shape index (κ3) is 40.5. The molecule has 0 aliphatic heterocycles. The highest BCUT2D eigenvalue weighted by atomic mass is 31.2. The molecule has 0 heterocycles. The number of carbonyl (C=O) groups excluding carboxylic acids is 2. The van der Waals surface area contributed by atoms with Gasteiger partial charge < -0.3 is 19.3 Å². The fourth-order valence-electron chi connectivity index (χ4n) is 5.48. The molecule has 0 aromatic carbocycles. The van der Waals surface area contributed by atoms with Crippen molar-refractivity contribution in [3.05, 3.63) is 60.8 Å². The van der Waals surface area contributed by atoms with Gasteiger partial charge in [-0.3, -0.25) is 14.1 Å². The second-order valence-corrected chi connectivity index (χ2v) is 14.8. The number of hydrogen-bond acceptors (Lipinski definition) is 6. The van der Waals surface area contributed by atoms with Gasteiger partial charge in [-0.15, -0.1) is 0 Å². The standard InChI is InChI=1S/C43H75O8P/c1-3-5-7-9-11-13-15-17-19-20-21-22-24-25-27-29-31-33-35-37-42(44)49-39-41(40-50-52(46,47)48)51-43(45)38-36-34-32-30-28-26-23-18-16-14-12-10-8-6-4-2/h6,8,11-14,17-19,23,41H,3-5,7,9-10,15-16,20-22,24-40H2,1-2H3,(H2,46,47,48)/b8-6+,13-11+,14-12+,19-17+,23-18+/t41-/m1/s1. The van der Waals surface area contributed by atoms with Crippen molar-refractivity contribution in [2.45, 2.75) is 187 Å². The van der Waals surface area contributed by atoms with Crippen molar-refractivity contribution in [1.29, 1.82) is 0 Å². The molecule has 2 N–H and O–H groups in total. The molecule has 0 radical (unpaired) electrons. The van der Waals surface area contributed by atoms with E-state index in [1.165, 1.54) is 57.8 Å². The number of carbonyl (C=O) groups is 2. The zero-order valence-electron chi connectivity index (χ0n) is 32.9. The summed E-state index contributed by atoms with van der Waals surface area (Å²) < 4.78 is 26.4. The van der Waals surface area contributed by atoms with Crippen LogP contribution in [-0.4, -0.2) is 41.0 Å². The number of rotatable bonds is 37. The quantitative estimate of drug-likeness (QED) is 0.0279. The average Bonchev–Trinajstić information content (AvgIpc) is 3.11. The van der Waals surface area contributed by atoms with Gasteiger partial charge in [-0.25, -0.2) is 4.57 Å². The van der Waals surface area contributed by atoms with Crippen LogP contribution in [0, 0.1) is 0 Å². The molecule has 52 heavy (non-hydrogen) atoms. The van der Waals surface area contributed by atoms with E-state index in [0.717, 1.165) is 83.5 Å². The van der Waals surface area contributed by atoms with Crippen LogP contribution >= 0.6 is 7.82 Å². The molecule has 1 atom stereocenters. The largest absolute Gasteiger partial charge is 0.469 e. The first-order chi connectivity index (χ1) is 25.3. The Balaban J connectivity index is 3.95. The molecule has 8 nitrogen and oxygen atoms in total. The number of allylic oxidation sites excluding steroid dienone is 10. The molecule has 9 heteroatoms. The number of hydrogen-bond donors (Lipinski definition) is 2. The molecular formula is C43H75O8P. The zero-order valence-corrected chi connectivity index (χ0v) is 33.8. The Morgan fingerprint density at radius 1 is 0.519 bits per heavy atom. The molecule has 0 fully saturated rings. The Morgan fingerprint density at radius 2 is 0.923 bits per heavy atom. The van der Waals surface area contributed by atoms with E-state index in [0.29, 0.717) is 12.8 Å². The molecule has 0 saturated heterocycles. The second-order valence-electron chi connectivity index (χ2n) is 13.6. The Labute approximate surface area is 317 Å². The van der Waals surface area contributed by atoms with Gasteiger partial charge in [0.1, 0.15) is 6.61 Å². The van der Waals surface area contributed by atoms with Gasteiger partial charge in [-0.05, 0) is 77.0 Å². The third-order valence-electron chi connectivity index (χ3n) is 8.52. The number of ether oxygens (including phenoxy) is 2. The summed E-state index contributed by atoms with van der Waals surface area (Å²) in [6.07, 6.45) is 47.9. The summed E-state index contributed by atoms with van der Waals surface area (Å²) >= 11 is 0. The summed E-state index contributed by atoms with van der Waals surface area (Å²) in [5, 5.41) is 0. The molecule has 0 amide bonds. The number of unbranched alkanes of at least 4 members (excludes halogenated alkanes) is 17. The maximum absolute atomic E-state index is 12.4. The molecule has 300 valence electrons. The molecule has 0 rings (SSSR count). The maximum atomic E-state index is 12.4. The van der Waals surface area contributed by atoms with Crippen LogP contribution in [0.2, 0.25) is 0 Å². The maximum Gasteiger partial charge on any atom is 0.469 e. The molecular weight excluding hydrogens is 675 g/mol. The number of esters is 2. The van der Waals surface area contributed by atoms with E-state index in [2.05, 4.69) is 79.1 Å². The lowest BCUT2D eigenvalue weighted by Crippen LogP contribution is -2.29. The fourth-order valence-corrected chi connectivity index (χ4v) is 5.84. The number of phosphoric ester groups is 1. The minimum absolute atomic E-state index is 0.189. The lowest BCUT2D eigenvalue weighted by Gasteiger charge is -2.18. The predicted molar refractivity (Wildman–Crippen MR) is 216 cm³/mol. The van der Waals surface area contributed by atoms with Crippen molar-refractivity contribution in [2.24, 2.45) is 0 Å². The normalized spacial score (nSPS) is 13.1. The summed E-state index contributed by atoms with van der Waals surface area (Å²) in [5.74, 6) is -0.912. The van der Waals surface area contributed by atoms with Crippen LogP contribution in [-0.2, 0) is 28.2 Å². The highest BCUT2D eigenvalue weighted by Gasteiger charge is 2.22. The molecule has 0 aliphatic rings. The van der Waals surface area contributed by atoms with Gasteiger partial charge in [-0.1, -0.05) is 152 Å². The SMILES string of the molecule is CC/C=C/C/C=C/C/C=C/CCCCCCCC(=O)O[C@H](COC(=O)CCCCCCCCCCC/C=C/C/C=C/CCCCC)COP(=O)(O)O. The molecule has 0 aromatic heterocycles. The van der Waals surface area contributed by atoms with Crippen molar-refractivity contribution in [3.63, 3.8) is 0 Å². The van der Waals surface area contributed by atoms with E-state index in [-0.39, 0.29) is 19.4 Å². The Morgan fingerprint density at radius 3 is 1.38 bits per heavy atom. The van der Waals surface area contributed by atoms with Crippen molar-refractivity contribution in [2.75, 3.05) is 13.2 Å².